The molecule has 2 aromatic rings. The van der Waals surface area contributed by atoms with Gasteiger partial charge in [-0.2, -0.15) is 0 Å². The number of benzene rings is 1. The molecular weight excluding hydrogens is 326 g/mol. The summed E-state index contributed by atoms with van der Waals surface area (Å²) >= 11 is 0. The number of para-hydroxylation sites is 1. The summed E-state index contributed by atoms with van der Waals surface area (Å²) in [5, 5.41) is 3.49. The number of hydrogen-bond acceptors (Lipinski definition) is 5. The summed E-state index contributed by atoms with van der Waals surface area (Å²) in [6.07, 6.45) is 9.67. The number of nitrogens with one attached hydrogen (secondary N) is 1. The number of aryl methyl sites for hydroxylation is 2. The highest BCUT2D eigenvalue weighted by Gasteiger charge is 2.21. The molecule has 1 atom stereocenters. The van der Waals surface area contributed by atoms with Crippen molar-refractivity contribution < 1.29 is 9.47 Å². The Kier molecular flexibility index (Phi) is 5.65. The van der Waals surface area contributed by atoms with Crippen LogP contribution in [0.15, 0.2) is 30.5 Å². The Labute approximate surface area is 155 Å². The van der Waals surface area contributed by atoms with Crippen LogP contribution in [0, 0.1) is 0 Å². The maximum Gasteiger partial charge on any atom is 0.232 e. The lowest BCUT2D eigenvalue weighted by Crippen LogP contribution is -2.30. The molecule has 5 heteroatoms. The number of ether oxygens (including phenoxy) is 2. The summed E-state index contributed by atoms with van der Waals surface area (Å²) in [7, 11) is 0. The molecule has 5 nitrogen and oxygen atoms in total. The predicted molar refractivity (Wildman–Crippen MR) is 101 cm³/mol. The van der Waals surface area contributed by atoms with Crippen LogP contribution in [0.1, 0.15) is 42.6 Å². The van der Waals surface area contributed by atoms with E-state index >= 15 is 0 Å². The van der Waals surface area contributed by atoms with Crippen LogP contribution in [-0.4, -0.2) is 35.8 Å². The van der Waals surface area contributed by atoms with Gasteiger partial charge in [0, 0.05) is 13.0 Å². The molecule has 1 aromatic heterocycles. The number of aromatic nitrogens is 2. The molecule has 0 saturated heterocycles. The smallest absolute Gasteiger partial charge is 0.232 e. The van der Waals surface area contributed by atoms with Crippen molar-refractivity contribution in [2.75, 3.05) is 19.7 Å². The summed E-state index contributed by atoms with van der Waals surface area (Å²) < 4.78 is 11.7. The molecule has 1 N–H and O–H groups in total. The summed E-state index contributed by atoms with van der Waals surface area (Å²) in [5.74, 6) is 1.72. The lowest BCUT2D eigenvalue weighted by molar-refractivity contribution is 0.226. The second-order valence-electron chi connectivity index (χ2n) is 7.12. The monoisotopic (exact) mass is 353 g/mol. The second kappa shape index (κ2) is 8.49. The van der Waals surface area contributed by atoms with Gasteiger partial charge in [-0.15, -0.1) is 0 Å². The van der Waals surface area contributed by atoms with Gasteiger partial charge in [0.1, 0.15) is 11.9 Å². The van der Waals surface area contributed by atoms with Crippen molar-refractivity contribution >= 4 is 0 Å². The van der Waals surface area contributed by atoms with Crippen LogP contribution in [-0.2, 0) is 19.3 Å². The summed E-state index contributed by atoms with van der Waals surface area (Å²) in [6.45, 7) is 2.57. The predicted octanol–water partition coefficient (Wildman–Crippen LogP) is 3.11. The number of fused-ring (bicyclic) bond motifs is 2. The van der Waals surface area contributed by atoms with Crippen molar-refractivity contribution in [3.63, 3.8) is 0 Å². The third-order valence-electron chi connectivity index (χ3n) is 5.07. The quantitative estimate of drug-likeness (QED) is 0.739. The van der Waals surface area contributed by atoms with Crippen molar-refractivity contribution in [3.05, 3.63) is 47.4 Å². The Morgan fingerprint density at radius 2 is 2.00 bits per heavy atom. The van der Waals surface area contributed by atoms with Gasteiger partial charge in [-0.05, 0) is 56.7 Å². The minimum atomic E-state index is 0.259. The molecule has 1 aliphatic carbocycles. The Balaban J connectivity index is 1.09. The number of rotatable bonds is 8. The molecule has 2 aliphatic rings. The molecule has 26 heavy (non-hydrogen) atoms. The van der Waals surface area contributed by atoms with Crippen molar-refractivity contribution in [1.82, 2.24) is 15.3 Å². The van der Waals surface area contributed by atoms with E-state index < -0.39 is 0 Å². The molecular formula is C21H27N3O2. The van der Waals surface area contributed by atoms with E-state index in [1.807, 2.05) is 6.07 Å². The number of nitrogens with zero attached hydrogens (tertiary/aromatic N) is 2. The fourth-order valence-electron chi connectivity index (χ4n) is 3.66. The molecule has 0 radical (unpaired) electrons. The molecule has 1 unspecified atom stereocenters. The molecule has 138 valence electrons. The first kappa shape index (κ1) is 17.3. The van der Waals surface area contributed by atoms with Gasteiger partial charge in [-0.25, -0.2) is 4.98 Å². The van der Waals surface area contributed by atoms with E-state index in [0.29, 0.717) is 12.5 Å². The fourth-order valence-corrected chi connectivity index (χ4v) is 3.66. The van der Waals surface area contributed by atoms with Crippen LogP contribution in [0.25, 0.3) is 0 Å². The zero-order valence-corrected chi connectivity index (χ0v) is 15.2. The van der Waals surface area contributed by atoms with Gasteiger partial charge in [0.05, 0.1) is 24.2 Å². The van der Waals surface area contributed by atoms with E-state index in [1.54, 1.807) is 6.20 Å². The van der Waals surface area contributed by atoms with E-state index in [4.69, 9.17) is 9.47 Å². The standard InChI is InChI=1S/C21H27N3O2/c1-4-10-20-16(7-1)13-17(26-20)14-22-11-5-6-12-25-21-15-23-18-8-2-3-9-19(18)24-21/h1,4,7,10,15,17,22H,2-3,5-6,8-9,11-14H2. The molecule has 4 rings (SSSR count). The summed E-state index contributed by atoms with van der Waals surface area (Å²) in [6, 6.07) is 8.30. The first-order chi connectivity index (χ1) is 12.9. The lowest BCUT2D eigenvalue weighted by atomic mass is 10.0. The van der Waals surface area contributed by atoms with Crippen LogP contribution >= 0.6 is 0 Å². The van der Waals surface area contributed by atoms with Crippen LogP contribution in [0.2, 0.25) is 0 Å². The molecule has 0 bridgehead atoms. The highest BCUT2D eigenvalue weighted by Crippen LogP contribution is 2.27. The van der Waals surface area contributed by atoms with Gasteiger partial charge in [0.2, 0.25) is 5.88 Å². The average Bonchev–Trinajstić information content (AvgIpc) is 3.10. The summed E-state index contributed by atoms with van der Waals surface area (Å²) in [4.78, 5) is 9.10. The lowest BCUT2D eigenvalue weighted by Gasteiger charge is -2.14. The first-order valence-electron chi connectivity index (χ1n) is 9.81. The molecule has 0 fully saturated rings. The maximum atomic E-state index is 5.94. The maximum absolute atomic E-state index is 5.94. The zero-order chi connectivity index (χ0) is 17.6. The van der Waals surface area contributed by atoms with E-state index in [2.05, 4.69) is 33.5 Å². The van der Waals surface area contributed by atoms with E-state index in [0.717, 1.165) is 62.3 Å². The van der Waals surface area contributed by atoms with Gasteiger partial charge >= 0.3 is 0 Å². The Morgan fingerprint density at radius 3 is 2.92 bits per heavy atom. The van der Waals surface area contributed by atoms with E-state index in [-0.39, 0.29) is 6.10 Å². The fraction of sp³-hybridized carbons (Fsp3) is 0.524. The third kappa shape index (κ3) is 4.33. The van der Waals surface area contributed by atoms with E-state index in [9.17, 15) is 0 Å². The van der Waals surface area contributed by atoms with Crippen molar-refractivity contribution in [2.45, 2.75) is 51.0 Å². The van der Waals surface area contributed by atoms with Crippen molar-refractivity contribution in [1.29, 1.82) is 0 Å². The Bertz CT molecular complexity index is 710. The molecule has 0 spiro atoms. The van der Waals surface area contributed by atoms with Gasteiger partial charge < -0.3 is 14.8 Å². The Hall–Kier alpha value is -2.14. The minimum Gasteiger partial charge on any atom is -0.488 e. The van der Waals surface area contributed by atoms with Crippen LogP contribution in [0.5, 0.6) is 11.6 Å². The first-order valence-corrected chi connectivity index (χ1v) is 9.81. The van der Waals surface area contributed by atoms with Crippen LogP contribution < -0.4 is 14.8 Å². The molecule has 0 saturated carbocycles. The normalized spacial score (nSPS) is 18.1. The minimum absolute atomic E-state index is 0.259. The highest BCUT2D eigenvalue weighted by molar-refractivity contribution is 5.37. The average molecular weight is 353 g/mol. The van der Waals surface area contributed by atoms with E-state index in [1.165, 1.54) is 18.4 Å². The van der Waals surface area contributed by atoms with Gasteiger partial charge in [-0.3, -0.25) is 4.98 Å². The van der Waals surface area contributed by atoms with Gasteiger partial charge in [-0.1, -0.05) is 18.2 Å². The zero-order valence-electron chi connectivity index (χ0n) is 15.2. The molecule has 0 amide bonds. The SMILES string of the molecule is c1ccc2c(c1)CC(CNCCCCOc1cnc3c(n1)CCCC3)O2. The third-order valence-corrected chi connectivity index (χ3v) is 5.07. The molecule has 1 aliphatic heterocycles. The van der Waals surface area contributed by atoms with Crippen LogP contribution in [0.3, 0.4) is 0 Å². The van der Waals surface area contributed by atoms with Crippen molar-refractivity contribution in [2.24, 2.45) is 0 Å². The van der Waals surface area contributed by atoms with Gasteiger partial charge in [0.25, 0.3) is 0 Å². The topological polar surface area (TPSA) is 56.3 Å². The van der Waals surface area contributed by atoms with Gasteiger partial charge in [0.15, 0.2) is 0 Å². The largest absolute Gasteiger partial charge is 0.488 e. The Morgan fingerprint density at radius 1 is 1.12 bits per heavy atom. The molecule has 2 heterocycles. The van der Waals surface area contributed by atoms with Crippen LogP contribution in [0.4, 0.5) is 0 Å². The number of hydrogen-bond donors (Lipinski definition) is 1. The second-order valence-corrected chi connectivity index (χ2v) is 7.12. The summed E-state index contributed by atoms with van der Waals surface area (Å²) in [5.41, 5.74) is 3.61. The van der Waals surface area contributed by atoms with Crippen molar-refractivity contribution in [3.8, 4) is 11.6 Å². The molecule has 1 aromatic carbocycles. The highest BCUT2D eigenvalue weighted by atomic mass is 16.5. The number of unbranched alkanes of at least 4 members (excludes halogenated alkanes) is 1.